The van der Waals surface area contributed by atoms with Gasteiger partial charge < -0.3 is 4.74 Å². The Hall–Kier alpha value is -3.05. The molecule has 3 aromatic carbocycles. The maximum atomic E-state index is 12.9. The summed E-state index contributed by atoms with van der Waals surface area (Å²) in [6, 6.07) is 17.2. The van der Waals surface area contributed by atoms with Gasteiger partial charge in [-0.15, -0.1) is 0 Å². The summed E-state index contributed by atoms with van der Waals surface area (Å²) in [7, 11) is -9.77. The highest BCUT2D eigenvalue weighted by atomic mass is 32.2. The molecule has 0 saturated carbocycles. The molecule has 0 unspecified atom stereocenters. The molecule has 0 saturated heterocycles. The number of sulfonamides is 1. The first-order valence-electron chi connectivity index (χ1n) is 8.27. The third-order valence-electron chi connectivity index (χ3n) is 3.84. The first-order valence-corrected chi connectivity index (χ1v) is 11.2. The number of benzene rings is 3. The zero-order chi connectivity index (χ0) is 22.0. The molecule has 0 fully saturated rings. The van der Waals surface area contributed by atoms with Crippen LogP contribution in [0.15, 0.2) is 88.7 Å². The molecule has 1 N–H and O–H groups in total. The molecule has 0 bridgehead atoms. The molecule has 0 aliphatic rings. The average molecular weight is 457 g/mol. The molecule has 11 heteroatoms. The van der Waals surface area contributed by atoms with Crippen LogP contribution < -0.4 is 9.46 Å². The molecule has 0 heterocycles. The van der Waals surface area contributed by atoms with Crippen LogP contribution in [0.1, 0.15) is 0 Å². The molecule has 3 rings (SSSR count). The number of nitrogens with one attached hydrogen (secondary N) is 1. The number of sulfone groups is 1. The van der Waals surface area contributed by atoms with Gasteiger partial charge in [-0.05, 0) is 36.4 Å². The van der Waals surface area contributed by atoms with Gasteiger partial charge in [0.15, 0.2) is 5.75 Å². The van der Waals surface area contributed by atoms with Gasteiger partial charge in [0.1, 0.15) is 5.75 Å². The second-order valence-corrected chi connectivity index (χ2v) is 9.56. The highest BCUT2D eigenvalue weighted by Crippen LogP contribution is 2.37. The fourth-order valence-electron chi connectivity index (χ4n) is 2.39. The molecule has 0 aliphatic carbocycles. The highest BCUT2D eigenvalue weighted by Gasteiger charge is 2.47. The van der Waals surface area contributed by atoms with E-state index in [0.29, 0.717) is 12.1 Å². The Labute approximate surface area is 170 Å². The Bertz CT molecular complexity index is 1240. The smallest absolute Gasteiger partial charge is 0.455 e. The summed E-state index contributed by atoms with van der Waals surface area (Å²) in [5.41, 5.74) is -5.76. The first-order chi connectivity index (χ1) is 14.0. The molecule has 0 radical (unpaired) electrons. The maximum Gasteiger partial charge on any atom is 0.501 e. The molecule has 0 atom stereocenters. The summed E-state index contributed by atoms with van der Waals surface area (Å²) in [6.45, 7) is 0. The Kier molecular flexibility index (Phi) is 5.77. The van der Waals surface area contributed by atoms with E-state index < -0.39 is 36.0 Å². The van der Waals surface area contributed by atoms with Crippen LogP contribution in [0.25, 0.3) is 0 Å². The van der Waals surface area contributed by atoms with E-state index in [-0.39, 0.29) is 16.3 Å². The predicted molar refractivity (Wildman–Crippen MR) is 103 cm³/mol. The quantitative estimate of drug-likeness (QED) is 0.586. The van der Waals surface area contributed by atoms with Crippen LogP contribution in [0, 0.1) is 0 Å². The molecular formula is C19H14F3NO5S2. The van der Waals surface area contributed by atoms with Crippen LogP contribution in [0.3, 0.4) is 0 Å². The van der Waals surface area contributed by atoms with E-state index in [4.69, 9.17) is 4.74 Å². The largest absolute Gasteiger partial charge is 0.501 e. The molecule has 3 aromatic rings. The summed E-state index contributed by atoms with van der Waals surface area (Å²) in [5.74, 6) is -0.245. The minimum Gasteiger partial charge on any atom is -0.455 e. The van der Waals surface area contributed by atoms with Crippen LogP contribution in [0.4, 0.5) is 18.9 Å². The monoisotopic (exact) mass is 457 g/mol. The van der Waals surface area contributed by atoms with Gasteiger partial charge in [-0.25, -0.2) is 16.8 Å². The van der Waals surface area contributed by atoms with Crippen molar-refractivity contribution in [1.29, 1.82) is 0 Å². The van der Waals surface area contributed by atoms with E-state index >= 15 is 0 Å². The molecule has 6 nitrogen and oxygen atoms in total. The standard InChI is InChI=1S/C19H14F3NO5S2/c20-19(21,22)29(24,25)16-11-12-17(18(13-16)28-14-7-3-1-4-8-14)23-30(26,27)15-9-5-2-6-10-15/h1-13,23H. The van der Waals surface area contributed by atoms with Crippen LogP contribution in [-0.4, -0.2) is 22.3 Å². The highest BCUT2D eigenvalue weighted by molar-refractivity contribution is 7.93. The predicted octanol–water partition coefficient (Wildman–Crippen LogP) is 4.57. The average Bonchev–Trinajstić information content (AvgIpc) is 2.69. The Morgan fingerprint density at radius 1 is 0.733 bits per heavy atom. The van der Waals surface area contributed by atoms with Gasteiger partial charge in [0.25, 0.3) is 19.9 Å². The summed E-state index contributed by atoms with van der Waals surface area (Å²) < 4.78 is 95.2. The fourth-order valence-corrected chi connectivity index (χ4v) is 4.26. The van der Waals surface area contributed by atoms with Gasteiger partial charge in [-0.3, -0.25) is 4.72 Å². The topological polar surface area (TPSA) is 89.5 Å². The fraction of sp³-hybridized carbons (Fsp3) is 0.0526. The number of ether oxygens (including phenoxy) is 1. The second-order valence-electron chi connectivity index (χ2n) is 5.94. The normalized spacial score (nSPS) is 12.4. The molecular weight excluding hydrogens is 443 g/mol. The maximum absolute atomic E-state index is 12.9. The molecule has 30 heavy (non-hydrogen) atoms. The Balaban J connectivity index is 2.08. The van der Waals surface area contributed by atoms with Crippen molar-refractivity contribution < 1.29 is 34.7 Å². The van der Waals surface area contributed by atoms with E-state index in [2.05, 4.69) is 4.72 Å². The van der Waals surface area contributed by atoms with E-state index in [1.807, 2.05) is 0 Å². The SMILES string of the molecule is O=S(=O)(Nc1ccc(S(=O)(=O)C(F)(F)F)cc1Oc1ccccc1)c1ccccc1. The Morgan fingerprint density at radius 3 is 1.87 bits per heavy atom. The van der Waals surface area contributed by atoms with Gasteiger partial charge in [-0.2, -0.15) is 13.2 Å². The van der Waals surface area contributed by atoms with Gasteiger partial charge in [-0.1, -0.05) is 36.4 Å². The number of para-hydroxylation sites is 1. The third-order valence-corrected chi connectivity index (χ3v) is 6.70. The van der Waals surface area contributed by atoms with E-state index in [1.165, 1.54) is 36.4 Å². The van der Waals surface area contributed by atoms with Crippen molar-refractivity contribution in [3.05, 3.63) is 78.9 Å². The third kappa shape index (κ3) is 4.57. The summed E-state index contributed by atoms with van der Waals surface area (Å²) in [6.07, 6.45) is 0. The minimum atomic E-state index is -5.66. The van der Waals surface area contributed by atoms with E-state index in [0.717, 1.165) is 6.07 Å². The molecule has 0 aliphatic heterocycles. The number of hydrogen-bond donors (Lipinski definition) is 1. The number of alkyl halides is 3. The van der Waals surface area contributed by atoms with Crippen LogP contribution in [-0.2, 0) is 19.9 Å². The number of halogens is 3. The summed E-state index contributed by atoms with van der Waals surface area (Å²) in [4.78, 5) is -1.17. The van der Waals surface area contributed by atoms with Crippen molar-refractivity contribution in [2.45, 2.75) is 15.3 Å². The molecule has 0 aromatic heterocycles. The van der Waals surface area contributed by atoms with E-state index in [1.54, 1.807) is 24.3 Å². The van der Waals surface area contributed by atoms with E-state index in [9.17, 15) is 30.0 Å². The van der Waals surface area contributed by atoms with Crippen molar-refractivity contribution in [1.82, 2.24) is 0 Å². The lowest BCUT2D eigenvalue weighted by Gasteiger charge is -2.16. The lowest BCUT2D eigenvalue weighted by molar-refractivity contribution is -0.0436. The number of anilines is 1. The number of hydrogen-bond acceptors (Lipinski definition) is 5. The lowest BCUT2D eigenvalue weighted by atomic mass is 10.3. The minimum absolute atomic E-state index is 0.0948. The lowest BCUT2D eigenvalue weighted by Crippen LogP contribution is -2.23. The zero-order valence-corrected chi connectivity index (χ0v) is 16.6. The first kappa shape index (κ1) is 21.7. The van der Waals surface area contributed by atoms with Crippen molar-refractivity contribution >= 4 is 25.5 Å². The van der Waals surface area contributed by atoms with Crippen molar-refractivity contribution in [2.75, 3.05) is 4.72 Å². The van der Waals surface area contributed by atoms with Crippen LogP contribution in [0.2, 0.25) is 0 Å². The van der Waals surface area contributed by atoms with Gasteiger partial charge >= 0.3 is 5.51 Å². The van der Waals surface area contributed by atoms with Crippen molar-refractivity contribution in [3.63, 3.8) is 0 Å². The van der Waals surface area contributed by atoms with Gasteiger partial charge in [0.2, 0.25) is 0 Å². The van der Waals surface area contributed by atoms with Gasteiger partial charge in [0, 0.05) is 6.07 Å². The second kappa shape index (κ2) is 8.00. The van der Waals surface area contributed by atoms with Crippen molar-refractivity contribution in [3.8, 4) is 11.5 Å². The molecule has 0 amide bonds. The van der Waals surface area contributed by atoms with Crippen LogP contribution in [0.5, 0.6) is 11.5 Å². The summed E-state index contributed by atoms with van der Waals surface area (Å²) in [5, 5.41) is 0. The molecule has 158 valence electrons. The molecule has 0 spiro atoms. The summed E-state index contributed by atoms with van der Waals surface area (Å²) >= 11 is 0. The number of rotatable bonds is 6. The van der Waals surface area contributed by atoms with Crippen molar-refractivity contribution in [2.24, 2.45) is 0 Å². The zero-order valence-electron chi connectivity index (χ0n) is 15.0. The van der Waals surface area contributed by atoms with Crippen LogP contribution >= 0.6 is 0 Å². The Morgan fingerprint density at radius 2 is 1.30 bits per heavy atom. The van der Waals surface area contributed by atoms with Gasteiger partial charge in [0.05, 0.1) is 15.5 Å².